The third-order valence-electron chi connectivity index (χ3n) is 15.2. The highest BCUT2D eigenvalue weighted by Crippen LogP contribution is 2.28. The van der Waals surface area contributed by atoms with Crippen molar-refractivity contribution in [3.63, 3.8) is 0 Å². The van der Waals surface area contributed by atoms with Crippen LogP contribution < -0.4 is 53.2 Å². The molecule has 22 nitrogen and oxygen atoms in total. The zero-order chi connectivity index (χ0) is 61.8. The molecule has 0 aromatic rings. The van der Waals surface area contributed by atoms with Crippen LogP contribution in [-0.4, -0.2) is 155 Å². The lowest BCUT2D eigenvalue weighted by Crippen LogP contribution is -2.66. The molecule has 22 heteroatoms. The molecule has 0 aromatic heterocycles. The summed E-state index contributed by atoms with van der Waals surface area (Å²) >= 11 is 0. The van der Waals surface area contributed by atoms with E-state index in [0.717, 1.165) is 64.2 Å². The van der Waals surface area contributed by atoms with Gasteiger partial charge < -0.3 is 63.2 Å². The fraction of sp³-hybridized carbons (Fsp3) is 0.833. The van der Waals surface area contributed by atoms with Gasteiger partial charge in [-0.25, -0.2) is 0 Å². The number of likely N-dealkylation sites (tertiary alicyclic amines) is 1. The van der Waals surface area contributed by atoms with E-state index in [4.69, 9.17) is 5.11 Å². The summed E-state index contributed by atoms with van der Waals surface area (Å²) in [6.07, 6.45) is 13.4. The van der Waals surface area contributed by atoms with Gasteiger partial charge in [-0.05, 0) is 111 Å². The molecule has 1 saturated carbocycles. The number of amides is 10. The van der Waals surface area contributed by atoms with Crippen molar-refractivity contribution in [2.24, 2.45) is 17.8 Å². The Morgan fingerprint density at radius 3 is 1.67 bits per heavy atom. The summed E-state index contributed by atoms with van der Waals surface area (Å²) in [5.74, 6) is -5.14. The molecule has 1 saturated heterocycles. The number of aliphatic hydroxyl groups excluding tert-OH is 1. The first kappa shape index (κ1) is 72.7. The van der Waals surface area contributed by atoms with E-state index in [1.165, 1.54) is 41.5 Å². The van der Waals surface area contributed by atoms with E-state index in [2.05, 4.69) is 60.1 Å². The van der Waals surface area contributed by atoms with Crippen LogP contribution in [-0.2, 0) is 47.9 Å². The number of nitrogens with one attached hydrogen (secondary N) is 10. The van der Waals surface area contributed by atoms with E-state index in [0.29, 0.717) is 58.2 Å². The van der Waals surface area contributed by atoms with Crippen molar-refractivity contribution >= 4 is 59.1 Å². The number of carbonyl (C=O) groups excluding carboxylic acids is 10. The molecular formula is C60H109N11O11. The quantitative estimate of drug-likeness (QED) is 0.0394. The van der Waals surface area contributed by atoms with E-state index in [1.807, 2.05) is 41.5 Å². The topological polar surface area (TPSA) is 314 Å². The Kier molecular flexibility index (Phi) is 32.2. The van der Waals surface area contributed by atoms with Gasteiger partial charge in [0.2, 0.25) is 59.1 Å². The lowest BCUT2D eigenvalue weighted by atomic mass is 9.84. The Labute approximate surface area is 490 Å². The summed E-state index contributed by atoms with van der Waals surface area (Å²) in [5.41, 5.74) is -4.79. The van der Waals surface area contributed by atoms with E-state index in [-0.39, 0.29) is 74.4 Å². The molecule has 0 bridgehead atoms. The first-order chi connectivity index (χ1) is 38.5. The van der Waals surface area contributed by atoms with Gasteiger partial charge in [-0.15, -0.1) is 0 Å². The minimum atomic E-state index is -1.63. The number of nitrogens with zero attached hydrogens (tertiary/aromatic N) is 1. The van der Waals surface area contributed by atoms with Crippen LogP contribution in [0.2, 0.25) is 0 Å². The monoisotopic (exact) mass is 1160 g/mol. The fourth-order valence-electron chi connectivity index (χ4n) is 10.3. The molecule has 1 heterocycles. The molecule has 10 amide bonds. The second kappa shape index (κ2) is 36.4. The number of hydrogen-bond acceptors (Lipinski definition) is 12. The van der Waals surface area contributed by atoms with Gasteiger partial charge in [0.1, 0.15) is 46.8 Å². The smallest absolute Gasteiger partial charge is 0.246 e. The molecule has 1 aliphatic carbocycles. The number of aliphatic hydroxyl groups is 1. The van der Waals surface area contributed by atoms with Crippen LogP contribution >= 0.6 is 0 Å². The zero-order valence-corrected chi connectivity index (χ0v) is 52.4. The summed E-state index contributed by atoms with van der Waals surface area (Å²) in [5, 5.41) is 37.4. The molecule has 6 atom stereocenters. The summed E-state index contributed by atoms with van der Waals surface area (Å²) in [6.45, 7) is 23.6. The average Bonchev–Trinajstić information content (AvgIpc) is 4.05. The van der Waals surface area contributed by atoms with Crippen LogP contribution in [0.15, 0.2) is 0 Å². The Morgan fingerprint density at radius 1 is 0.537 bits per heavy atom. The summed E-state index contributed by atoms with van der Waals surface area (Å²) in [4.78, 5) is 140. The summed E-state index contributed by atoms with van der Waals surface area (Å²) in [6, 6.07) is -5.16. The van der Waals surface area contributed by atoms with Crippen LogP contribution in [0.4, 0.5) is 0 Å². The van der Waals surface area contributed by atoms with Crippen LogP contribution in [0.1, 0.15) is 218 Å². The maximum atomic E-state index is 14.4. The van der Waals surface area contributed by atoms with Gasteiger partial charge in [0.15, 0.2) is 0 Å². The molecule has 2 fully saturated rings. The van der Waals surface area contributed by atoms with Crippen molar-refractivity contribution in [1.82, 2.24) is 58.1 Å². The van der Waals surface area contributed by atoms with Gasteiger partial charge >= 0.3 is 0 Å². The average molecular weight is 1160 g/mol. The molecular weight excluding hydrogens is 1050 g/mol. The molecule has 2 aliphatic rings. The second-order valence-electron chi connectivity index (χ2n) is 25.5. The van der Waals surface area contributed by atoms with Gasteiger partial charge in [-0.2, -0.15) is 0 Å². The minimum Gasteiger partial charge on any atom is -0.395 e. The second-order valence-corrected chi connectivity index (χ2v) is 25.5. The van der Waals surface area contributed by atoms with Crippen molar-refractivity contribution in [2.45, 2.75) is 271 Å². The lowest BCUT2D eigenvalue weighted by Gasteiger charge is -2.35. The predicted molar refractivity (Wildman–Crippen MR) is 317 cm³/mol. The molecule has 11 N–H and O–H groups in total. The number of carbonyl (C=O) groups is 10. The van der Waals surface area contributed by atoms with Gasteiger partial charge in [0.25, 0.3) is 0 Å². The van der Waals surface area contributed by atoms with Crippen LogP contribution in [0.5, 0.6) is 0 Å². The van der Waals surface area contributed by atoms with Crippen LogP contribution in [0.3, 0.4) is 0 Å². The van der Waals surface area contributed by atoms with E-state index in [9.17, 15) is 47.9 Å². The molecule has 0 radical (unpaired) electrons. The van der Waals surface area contributed by atoms with Crippen molar-refractivity contribution in [1.29, 1.82) is 0 Å². The fourth-order valence-corrected chi connectivity index (χ4v) is 10.3. The standard InChI is InChI=1S/C60H109N11O11/c1-14-16-17-18-19-23-28-43(51(76)64-45(36-40(5)6)52(77)68-58(8,9)55(80)67-44(35-39(3)4)50(75)62-31-30-48(73)63-41(7)38-61-32-34-72)66-56(81)59(10,11)70-57(82)60(12,13)69-53(78)46(37-42-26-21-20-22-27-42)65-54(79)47-29-24-33-71(47)49(74)25-15-2/h39-47,61,72H,14-38H2,1-13H3,(H,62,75)(H,63,73)(H,64,76)(H,65,79)(H,66,81)(H,67,80)(H,68,77)(H,69,78)(H,70,82)/t41-,43-,44-,45-,46-,47-/m0/s1. The molecule has 1 aliphatic heterocycles. The van der Waals surface area contributed by atoms with Crippen LogP contribution in [0, 0.1) is 17.8 Å². The first-order valence-corrected chi connectivity index (χ1v) is 30.9. The van der Waals surface area contributed by atoms with Crippen LogP contribution in [0.25, 0.3) is 0 Å². The Hall–Kier alpha value is -5.38. The largest absolute Gasteiger partial charge is 0.395 e. The van der Waals surface area contributed by atoms with Gasteiger partial charge in [0, 0.05) is 45.1 Å². The minimum absolute atomic E-state index is 0.00339. The Balaban J connectivity index is 2.26. The highest BCUT2D eigenvalue weighted by atomic mass is 16.3. The zero-order valence-electron chi connectivity index (χ0n) is 52.4. The molecule has 470 valence electrons. The molecule has 2 rings (SSSR count). The maximum Gasteiger partial charge on any atom is 0.246 e. The Morgan fingerprint density at radius 2 is 1.09 bits per heavy atom. The first-order valence-electron chi connectivity index (χ1n) is 30.9. The predicted octanol–water partition coefficient (Wildman–Crippen LogP) is 3.81. The molecule has 0 aromatic carbocycles. The highest BCUT2D eigenvalue weighted by Gasteiger charge is 2.42. The van der Waals surface area contributed by atoms with E-state index < -0.39 is 94.1 Å². The molecule has 82 heavy (non-hydrogen) atoms. The summed E-state index contributed by atoms with van der Waals surface area (Å²) in [7, 11) is 0. The third kappa shape index (κ3) is 26.5. The normalized spacial score (nSPS) is 16.9. The van der Waals surface area contributed by atoms with Gasteiger partial charge in [-0.1, -0.05) is 112 Å². The lowest BCUT2D eigenvalue weighted by molar-refractivity contribution is -0.141. The van der Waals surface area contributed by atoms with E-state index >= 15 is 0 Å². The highest BCUT2D eigenvalue weighted by molar-refractivity contribution is 6.00. The van der Waals surface area contributed by atoms with E-state index in [1.54, 1.807) is 4.90 Å². The Bertz CT molecular complexity index is 2080. The van der Waals surface area contributed by atoms with Crippen molar-refractivity contribution < 1.29 is 53.1 Å². The number of hydrogen-bond donors (Lipinski definition) is 11. The maximum absolute atomic E-state index is 14.4. The SMILES string of the molecule is CCCCCCCC[C@H](NC(=O)C(C)(C)NC(=O)C(C)(C)NC(=O)[C@H](CC1CCCCC1)NC(=O)[C@@H]1CCCN1C(=O)CCC)C(=O)N[C@@H](CC(C)C)C(=O)NC(C)(C)C(=O)N[C@@H](CC(C)C)C(=O)NCCC(=O)N[C@@H](C)CNCCO. The van der Waals surface area contributed by atoms with Crippen molar-refractivity contribution in [3.05, 3.63) is 0 Å². The third-order valence-corrected chi connectivity index (χ3v) is 15.2. The number of unbranched alkanes of at least 4 members (excludes halogenated alkanes) is 5. The van der Waals surface area contributed by atoms with Crippen molar-refractivity contribution in [2.75, 3.05) is 32.8 Å². The summed E-state index contributed by atoms with van der Waals surface area (Å²) < 4.78 is 0. The molecule has 0 unspecified atom stereocenters. The number of rotatable bonds is 38. The van der Waals surface area contributed by atoms with Crippen molar-refractivity contribution in [3.8, 4) is 0 Å². The molecule has 0 spiro atoms. The van der Waals surface area contributed by atoms with Gasteiger partial charge in [-0.3, -0.25) is 47.9 Å². The van der Waals surface area contributed by atoms with Gasteiger partial charge in [0.05, 0.1) is 6.61 Å².